The lowest BCUT2D eigenvalue weighted by atomic mass is 10.1. The third kappa shape index (κ3) is 5.45. The maximum absolute atomic E-state index is 11.9. The summed E-state index contributed by atoms with van der Waals surface area (Å²) in [6, 6.07) is 12.9. The number of amides is 3. The molecule has 3 amide bonds. The Morgan fingerprint density at radius 1 is 1.15 bits per heavy atom. The highest BCUT2D eigenvalue weighted by Gasteiger charge is 2.13. The summed E-state index contributed by atoms with van der Waals surface area (Å²) >= 11 is 1.22. The molecule has 0 spiro atoms. The Bertz CT molecular complexity index is 893. The summed E-state index contributed by atoms with van der Waals surface area (Å²) < 4.78 is 6.95. The van der Waals surface area contributed by atoms with Crippen LogP contribution in [-0.2, 0) is 24.8 Å². The SMILES string of the molecule is Cn1c(Cc2ccccc2)nnc1SCC(=O)NC(=O)NCc1ccco1. The standard InChI is InChI=1S/C18H19N5O3S/c1-23-15(10-13-6-3-2-4-7-13)21-22-18(23)27-12-16(24)20-17(25)19-11-14-8-5-9-26-14/h2-9H,10-12H2,1H3,(H2,19,20,24,25). The largest absolute Gasteiger partial charge is 0.467 e. The van der Waals surface area contributed by atoms with Crippen LogP contribution in [0.3, 0.4) is 0 Å². The number of imide groups is 1. The topological polar surface area (TPSA) is 102 Å². The van der Waals surface area contributed by atoms with Crippen molar-refractivity contribution in [1.82, 2.24) is 25.4 Å². The summed E-state index contributed by atoms with van der Waals surface area (Å²) in [5.41, 5.74) is 1.13. The Balaban J connectivity index is 1.45. The Morgan fingerprint density at radius 2 is 1.96 bits per heavy atom. The lowest BCUT2D eigenvalue weighted by Crippen LogP contribution is -2.39. The number of rotatable bonds is 7. The zero-order valence-corrected chi connectivity index (χ0v) is 15.5. The predicted octanol–water partition coefficient (Wildman–Crippen LogP) is 2.12. The van der Waals surface area contributed by atoms with Gasteiger partial charge in [0.25, 0.3) is 0 Å². The van der Waals surface area contributed by atoms with Gasteiger partial charge in [0.2, 0.25) is 5.91 Å². The number of hydrogen-bond donors (Lipinski definition) is 2. The van der Waals surface area contributed by atoms with Crippen LogP contribution in [0, 0.1) is 0 Å². The Morgan fingerprint density at radius 3 is 2.70 bits per heavy atom. The lowest BCUT2D eigenvalue weighted by molar-refractivity contribution is -0.117. The molecule has 0 fully saturated rings. The van der Waals surface area contributed by atoms with Crippen LogP contribution in [0.15, 0.2) is 58.3 Å². The quantitative estimate of drug-likeness (QED) is 0.604. The maximum atomic E-state index is 11.9. The van der Waals surface area contributed by atoms with Crippen molar-refractivity contribution in [1.29, 1.82) is 0 Å². The number of urea groups is 1. The number of thioether (sulfide) groups is 1. The fraction of sp³-hybridized carbons (Fsp3) is 0.222. The van der Waals surface area contributed by atoms with Crippen LogP contribution in [-0.4, -0.2) is 32.5 Å². The van der Waals surface area contributed by atoms with E-state index in [4.69, 9.17) is 4.42 Å². The molecule has 0 atom stereocenters. The molecule has 0 aliphatic rings. The van der Waals surface area contributed by atoms with Gasteiger partial charge in [-0.2, -0.15) is 0 Å². The molecule has 3 rings (SSSR count). The molecule has 27 heavy (non-hydrogen) atoms. The summed E-state index contributed by atoms with van der Waals surface area (Å²) in [5, 5.41) is 13.7. The third-order valence-electron chi connectivity index (χ3n) is 3.72. The summed E-state index contributed by atoms with van der Waals surface area (Å²) in [6.07, 6.45) is 2.18. The van der Waals surface area contributed by atoms with E-state index >= 15 is 0 Å². The minimum Gasteiger partial charge on any atom is -0.467 e. The second kappa shape index (κ2) is 9.04. The van der Waals surface area contributed by atoms with Crippen LogP contribution in [0.4, 0.5) is 4.79 Å². The van der Waals surface area contributed by atoms with Crippen molar-refractivity contribution in [2.24, 2.45) is 7.05 Å². The highest BCUT2D eigenvalue weighted by atomic mass is 32.2. The zero-order chi connectivity index (χ0) is 19.1. The molecule has 1 aromatic carbocycles. The second-order valence-corrected chi connectivity index (χ2v) is 6.66. The summed E-state index contributed by atoms with van der Waals surface area (Å²) in [7, 11) is 1.86. The van der Waals surface area contributed by atoms with Gasteiger partial charge in [-0.1, -0.05) is 42.1 Å². The summed E-state index contributed by atoms with van der Waals surface area (Å²) in [6.45, 7) is 0.214. The number of furan rings is 1. The van der Waals surface area contributed by atoms with Gasteiger partial charge in [-0.15, -0.1) is 10.2 Å². The number of benzene rings is 1. The molecule has 2 N–H and O–H groups in total. The molecule has 0 saturated carbocycles. The summed E-state index contributed by atoms with van der Waals surface area (Å²) in [4.78, 5) is 23.6. The van der Waals surface area contributed by atoms with Gasteiger partial charge in [0.15, 0.2) is 5.16 Å². The number of carbonyl (C=O) groups is 2. The van der Waals surface area contributed by atoms with E-state index in [1.807, 2.05) is 41.9 Å². The van der Waals surface area contributed by atoms with E-state index in [2.05, 4.69) is 20.8 Å². The van der Waals surface area contributed by atoms with Crippen LogP contribution >= 0.6 is 11.8 Å². The van der Waals surface area contributed by atoms with Gasteiger partial charge in [-0.05, 0) is 17.7 Å². The number of aromatic nitrogens is 3. The van der Waals surface area contributed by atoms with E-state index < -0.39 is 11.9 Å². The summed E-state index contributed by atoms with van der Waals surface area (Å²) in [5.74, 6) is 1.06. The van der Waals surface area contributed by atoms with E-state index in [9.17, 15) is 9.59 Å². The molecule has 2 heterocycles. The van der Waals surface area contributed by atoms with Crippen LogP contribution in [0.1, 0.15) is 17.1 Å². The van der Waals surface area contributed by atoms with Gasteiger partial charge < -0.3 is 14.3 Å². The average Bonchev–Trinajstić information content (AvgIpc) is 3.30. The second-order valence-electron chi connectivity index (χ2n) is 5.72. The molecule has 8 nitrogen and oxygen atoms in total. The molecule has 9 heteroatoms. The van der Waals surface area contributed by atoms with Gasteiger partial charge in [0.05, 0.1) is 18.6 Å². The van der Waals surface area contributed by atoms with Crippen molar-refractivity contribution in [2.75, 3.05) is 5.75 Å². The predicted molar refractivity (Wildman–Crippen MR) is 100 cm³/mol. The molecule has 140 valence electrons. The zero-order valence-electron chi connectivity index (χ0n) is 14.7. The van der Waals surface area contributed by atoms with Gasteiger partial charge in [-0.3, -0.25) is 10.1 Å². The smallest absolute Gasteiger partial charge is 0.321 e. The lowest BCUT2D eigenvalue weighted by Gasteiger charge is -2.06. The maximum Gasteiger partial charge on any atom is 0.321 e. The van der Waals surface area contributed by atoms with Gasteiger partial charge in [0.1, 0.15) is 11.6 Å². The van der Waals surface area contributed by atoms with E-state index in [-0.39, 0.29) is 12.3 Å². The van der Waals surface area contributed by atoms with Crippen molar-refractivity contribution in [3.05, 3.63) is 65.9 Å². The first-order chi connectivity index (χ1) is 13.1. The molecule has 0 bridgehead atoms. The molecule has 0 unspecified atom stereocenters. The first kappa shape index (κ1) is 18.7. The van der Waals surface area contributed by atoms with Gasteiger partial charge >= 0.3 is 6.03 Å². The molecule has 0 radical (unpaired) electrons. The van der Waals surface area contributed by atoms with Crippen molar-refractivity contribution in [2.45, 2.75) is 18.1 Å². The van der Waals surface area contributed by atoms with Crippen molar-refractivity contribution >= 4 is 23.7 Å². The monoisotopic (exact) mass is 385 g/mol. The third-order valence-corrected chi connectivity index (χ3v) is 4.74. The molecular formula is C18H19N5O3S. The highest BCUT2D eigenvalue weighted by molar-refractivity contribution is 7.99. The Kier molecular flexibility index (Phi) is 6.26. The Hall–Kier alpha value is -3.07. The minimum atomic E-state index is -0.570. The van der Waals surface area contributed by atoms with Crippen molar-refractivity contribution < 1.29 is 14.0 Å². The fourth-order valence-corrected chi connectivity index (χ4v) is 3.05. The number of nitrogens with one attached hydrogen (secondary N) is 2. The number of hydrogen-bond acceptors (Lipinski definition) is 6. The van der Waals surface area contributed by atoms with Gasteiger partial charge in [-0.25, -0.2) is 4.79 Å². The van der Waals surface area contributed by atoms with Gasteiger partial charge in [0, 0.05) is 13.5 Å². The van der Waals surface area contributed by atoms with E-state index in [0.717, 1.165) is 11.4 Å². The molecule has 2 aromatic heterocycles. The van der Waals surface area contributed by atoms with E-state index in [1.54, 1.807) is 12.1 Å². The van der Waals surface area contributed by atoms with Crippen LogP contribution in [0.2, 0.25) is 0 Å². The molecule has 0 aliphatic carbocycles. The average molecular weight is 385 g/mol. The van der Waals surface area contributed by atoms with Crippen molar-refractivity contribution in [3.63, 3.8) is 0 Å². The number of carbonyl (C=O) groups excluding carboxylic acids is 2. The normalized spacial score (nSPS) is 10.6. The van der Waals surface area contributed by atoms with Crippen LogP contribution in [0.5, 0.6) is 0 Å². The van der Waals surface area contributed by atoms with Crippen LogP contribution < -0.4 is 10.6 Å². The first-order valence-corrected chi connectivity index (χ1v) is 9.25. The first-order valence-electron chi connectivity index (χ1n) is 8.27. The molecular weight excluding hydrogens is 366 g/mol. The molecule has 0 aliphatic heterocycles. The van der Waals surface area contributed by atoms with Crippen molar-refractivity contribution in [3.8, 4) is 0 Å². The van der Waals surface area contributed by atoms with Crippen LogP contribution in [0.25, 0.3) is 0 Å². The highest BCUT2D eigenvalue weighted by Crippen LogP contribution is 2.17. The minimum absolute atomic E-state index is 0.0610. The van der Waals surface area contributed by atoms with E-state index in [0.29, 0.717) is 17.3 Å². The Labute approximate surface area is 160 Å². The molecule has 3 aromatic rings. The fourth-order valence-electron chi connectivity index (χ4n) is 2.32. The van der Waals surface area contributed by atoms with E-state index in [1.165, 1.54) is 18.0 Å². The molecule has 0 saturated heterocycles. The number of nitrogens with zero attached hydrogens (tertiary/aromatic N) is 3.